The van der Waals surface area contributed by atoms with Gasteiger partial charge in [-0.2, -0.15) is 0 Å². The van der Waals surface area contributed by atoms with Gasteiger partial charge in [0.15, 0.2) is 6.10 Å². The predicted molar refractivity (Wildman–Crippen MR) is 131 cm³/mol. The molecule has 1 aliphatic heterocycles. The molecule has 33 heavy (non-hydrogen) atoms. The number of ether oxygens (including phenoxy) is 1. The number of anilines is 1. The third-order valence-electron chi connectivity index (χ3n) is 5.89. The lowest BCUT2D eigenvalue weighted by Crippen LogP contribution is -2.35. The van der Waals surface area contributed by atoms with Crippen LogP contribution in [0.4, 0.5) is 5.69 Å². The van der Waals surface area contributed by atoms with E-state index in [0.29, 0.717) is 29.2 Å². The molecular weight excluding hydrogens is 438 g/mol. The van der Waals surface area contributed by atoms with Crippen LogP contribution >= 0.6 is 11.6 Å². The van der Waals surface area contributed by atoms with Crippen LogP contribution in [0.2, 0.25) is 5.02 Å². The van der Waals surface area contributed by atoms with Gasteiger partial charge in [0.25, 0.3) is 5.91 Å². The van der Waals surface area contributed by atoms with Crippen molar-refractivity contribution < 1.29 is 14.3 Å². The summed E-state index contributed by atoms with van der Waals surface area (Å²) in [6, 6.07) is 14.4. The van der Waals surface area contributed by atoms with Crippen molar-refractivity contribution in [1.29, 1.82) is 0 Å². The van der Waals surface area contributed by atoms with E-state index < -0.39 is 12.1 Å². The van der Waals surface area contributed by atoms with Crippen LogP contribution in [0, 0.1) is 0 Å². The molecule has 0 radical (unpaired) electrons. The van der Waals surface area contributed by atoms with Gasteiger partial charge in [-0.3, -0.25) is 14.7 Å². The number of amides is 1. The summed E-state index contributed by atoms with van der Waals surface area (Å²) < 4.78 is 5.79. The SMILES string of the molecule is CCCN1CCc2nc3ccccc3c(C(=O)OC(CC)C(=O)Nc3ccc(Cl)cc3)c2C1. The average molecular weight is 466 g/mol. The second-order valence-electron chi connectivity index (χ2n) is 8.25. The number of hydrogen-bond donors (Lipinski definition) is 1. The summed E-state index contributed by atoms with van der Waals surface area (Å²) in [5.41, 5.74) is 3.74. The van der Waals surface area contributed by atoms with Crippen LogP contribution in [0.3, 0.4) is 0 Å². The molecule has 172 valence electrons. The first-order valence-electron chi connectivity index (χ1n) is 11.4. The number of carbonyl (C=O) groups is 2. The summed E-state index contributed by atoms with van der Waals surface area (Å²) in [5.74, 6) is -0.852. The number of halogens is 1. The lowest BCUT2D eigenvalue weighted by atomic mass is 9.95. The standard InChI is InChI=1S/C26H28ClN3O3/c1-3-14-30-15-13-22-20(16-30)24(19-7-5-6-8-21(19)29-22)26(32)33-23(4-2)25(31)28-18-11-9-17(27)10-12-18/h5-12,23H,3-4,13-16H2,1-2H3,(H,28,31). The average Bonchev–Trinajstić information content (AvgIpc) is 2.82. The summed E-state index contributed by atoms with van der Waals surface area (Å²) in [5, 5.41) is 4.14. The van der Waals surface area contributed by atoms with E-state index >= 15 is 0 Å². The minimum absolute atomic E-state index is 0.359. The van der Waals surface area contributed by atoms with E-state index in [-0.39, 0.29) is 5.91 Å². The molecule has 3 aromatic rings. The fourth-order valence-corrected chi connectivity index (χ4v) is 4.38. The number of benzene rings is 2. The number of esters is 1. The Kier molecular flexibility index (Phi) is 7.26. The van der Waals surface area contributed by atoms with Gasteiger partial charge in [0.2, 0.25) is 0 Å². The maximum atomic E-state index is 13.5. The van der Waals surface area contributed by atoms with Gasteiger partial charge in [0.05, 0.1) is 11.1 Å². The molecular formula is C26H28ClN3O3. The smallest absolute Gasteiger partial charge is 0.340 e. The Morgan fingerprint density at radius 1 is 1.15 bits per heavy atom. The van der Waals surface area contributed by atoms with E-state index in [1.165, 1.54) is 0 Å². The van der Waals surface area contributed by atoms with Crippen LogP contribution in [-0.2, 0) is 22.5 Å². The second-order valence-corrected chi connectivity index (χ2v) is 8.69. The number of rotatable bonds is 7. The number of pyridine rings is 1. The summed E-state index contributed by atoms with van der Waals surface area (Å²) >= 11 is 5.92. The minimum Gasteiger partial charge on any atom is -0.449 e. The Morgan fingerprint density at radius 3 is 2.64 bits per heavy atom. The predicted octanol–water partition coefficient (Wildman–Crippen LogP) is 5.23. The van der Waals surface area contributed by atoms with Gasteiger partial charge < -0.3 is 10.1 Å². The first kappa shape index (κ1) is 23.2. The van der Waals surface area contributed by atoms with Crippen LogP contribution in [-0.4, -0.2) is 41.0 Å². The number of fused-ring (bicyclic) bond motifs is 2. The Morgan fingerprint density at radius 2 is 1.91 bits per heavy atom. The van der Waals surface area contributed by atoms with Crippen LogP contribution < -0.4 is 5.32 Å². The number of nitrogens with one attached hydrogen (secondary N) is 1. The van der Waals surface area contributed by atoms with Crippen molar-refractivity contribution in [2.75, 3.05) is 18.4 Å². The molecule has 1 unspecified atom stereocenters. The zero-order valence-electron chi connectivity index (χ0n) is 18.9. The molecule has 7 heteroatoms. The van der Waals surface area contributed by atoms with Crippen LogP contribution in [0.5, 0.6) is 0 Å². The van der Waals surface area contributed by atoms with Gasteiger partial charge in [-0.1, -0.05) is 43.6 Å². The Hall–Kier alpha value is -2.96. The van der Waals surface area contributed by atoms with Crippen LogP contribution in [0.25, 0.3) is 10.9 Å². The lowest BCUT2D eigenvalue weighted by Gasteiger charge is -2.30. The lowest BCUT2D eigenvalue weighted by molar-refractivity contribution is -0.124. The molecule has 0 spiro atoms. The van der Waals surface area contributed by atoms with Crippen molar-refractivity contribution >= 4 is 40.1 Å². The molecule has 1 aromatic heterocycles. The Balaban J connectivity index is 1.63. The van der Waals surface area contributed by atoms with E-state index in [9.17, 15) is 9.59 Å². The van der Waals surface area contributed by atoms with Gasteiger partial charge in [-0.25, -0.2) is 4.79 Å². The number of nitrogens with zero attached hydrogens (tertiary/aromatic N) is 2. The molecule has 0 fully saturated rings. The van der Waals surface area contributed by atoms with Crippen molar-refractivity contribution in [2.45, 2.75) is 45.8 Å². The first-order valence-corrected chi connectivity index (χ1v) is 11.8. The third kappa shape index (κ3) is 5.18. The molecule has 1 atom stereocenters. The number of para-hydroxylation sites is 1. The highest BCUT2D eigenvalue weighted by Crippen LogP contribution is 2.29. The number of hydrogen-bond acceptors (Lipinski definition) is 5. The van der Waals surface area contributed by atoms with E-state index in [1.807, 2.05) is 31.2 Å². The van der Waals surface area contributed by atoms with Gasteiger partial charge >= 0.3 is 5.97 Å². The Labute approximate surface area is 198 Å². The van der Waals surface area contributed by atoms with Crippen molar-refractivity contribution in [2.24, 2.45) is 0 Å². The van der Waals surface area contributed by atoms with Crippen molar-refractivity contribution in [3.05, 3.63) is 70.4 Å². The van der Waals surface area contributed by atoms with Crippen LogP contribution in [0.1, 0.15) is 48.3 Å². The Bertz CT molecular complexity index is 1160. The highest BCUT2D eigenvalue weighted by molar-refractivity contribution is 6.30. The van der Waals surface area contributed by atoms with Gasteiger partial charge in [0.1, 0.15) is 0 Å². The quantitative estimate of drug-likeness (QED) is 0.484. The molecule has 1 aliphatic rings. The highest BCUT2D eigenvalue weighted by Gasteiger charge is 2.29. The molecule has 0 saturated heterocycles. The van der Waals surface area contributed by atoms with E-state index in [4.69, 9.17) is 21.3 Å². The fraction of sp³-hybridized carbons (Fsp3) is 0.346. The fourth-order valence-electron chi connectivity index (χ4n) is 4.25. The van der Waals surface area contributed by atoms with Gasteiger partial charge in [-0.15, -0.1) is 0 Å². The molecule has 1 amide bonds. The van der Waals surface area contributed by atoms with Crippen molar-refractivity contribution in [3.63, 3.8) is 0 Å². The van der Waals surface area contributed by atoms with E-state index in [2.05, 4.69) is 17.1 Å². The normalized spacial score (nSPS) is 14.5. The van der Waals surface area contributed by atoms with Crippen molar-refractivity contribution in [1.82, 2.24) is 9.88 Å². The summed E-state index contributed by atoms with van der Waals surface area (Å²) in [6.45, 7) is 6.50. The second kappa shape index (κ2) is 10.3. The molecule has 1 N–H and O–H groups in total. The maximum Gasteiger partial charge on any atom is 0.340 e. The molecule has 6 nitrogen and oxygen atoms in total. The molecule has 0 aliphatic carbocycles. The zero-order chi connectivity index (χ0) is 23.4. The van der Waals surface area contributed by atoms with Gasteiger partial charge in [-0.05, 0) is 49.7 Å². The summed E-state index contributed by atoms with van der Waals surface area (Å²) in [6.07, 6.45) is 1.28. The minimum atomic E-state index is -0.911. The van der Waals surface area contributed by atoms with E-state index in [1.54, 1.807) is 24.3 Å². The molecule has 2 aromatic carbocycles. The van der Waals surface area contributed by atoms with Gasteiger partial charge in [0, 0.05) is 46.9 Å². The first-order chi connectivity index (χ1) is 16.0. The molecule has 0 bridgehead atoms. The topological polar surface area (TPSA) is 71.5 Å². The largest absolute Gasteiger partial charge is 0.449 e. The number of aromatic nitrogens is 1. The highest BCUT2D eigenvalue weighted by atomic mass is 35.5. The molecule has 2 heterocycles. The molecule has 4 rings (SSSR count). The zero-order valence-corrected chi connectivity index (χ0v) is 19.7. The summed E-state index contributed by atoms with van der Waals surface area (Å²) in [4.78, 5) is 33.5. The van der Waals surface area contributed by atoms with E-state index in [0.717, 1.165) is 48.1 Å². The maximum absolute atomic E-state index is 13.5. The van der Waals surface area contributed by atoms with Crippen LogP contribution in [0.15, 0.2) is 48.5 Å². The molecule has 0 saturated carbocycles. The van der Waals surface area contributed by atoms with Crippen molar-refractivity contribution in [3.8, 4) is 0 Å². The summed E-state index contributed by atoms with van der Waals surface area (Å²) in [7, 11) is 0. The monoisotopic (exact) mass is 465 g/mol. The number of carbonyl (C=O) groups excluding carboxylic acids is 2. The third-order valence-corrected chi connectivity index (χ3v) is 6.15.